The Labute approximate surface area is 122 Å². The van der Waals surface area contributed by atoms with Gasteiger partial charge in [-0.15, -0.1) is 12.4 Å². The molecule has 1 fully saturated rings. The summed E-state index contributed by atoms with van der Waals surface area (Å²) in [5.74, 6) is 0.480. The molecule has 1 aliphatic carbocycles. The van der Waals surface area contributed by atoms with Crippen LogP contribution in [0.25, 0.3) is 0 Å². The normalized spacial score (nSPS) is 24.7. The number of rotatable bonds is 3. The quantitative estimate of drug-likeness (QED) is 0.893. The average Bonchev–Trinajstić information content (AvgIpc) is 2.94. The molecule has 1 aliphatic rings. The number of halogens is 2. The maximum atomic E-state index is 12.1. The molecule has 1 saturated carbocycles. The Bertz CT molecular complexity index is 433. The number of nitrogens with one attached hydrogen (secondary N) is 1. The van der Waals surface area contributed by atoms with Crippen LogP contribution in [0, 0.1) is 5.92 Å². The van der Waals surface area contributed by atoms with E-state index in [1.165, 1.54) is 0 Å². The second-order valence-electron chi connectivity index (χ2n) is 5.00. The summed E-state index contributed by atoms with van der Waals surface area (Å²) in [5, 5.41) is 2.98. The highest BCUT2D eigenvalue weighted by Gasteiger charge is 2.38. The van der Waals surface area contributed by atoms with Crippen LogP contribution in [0.3, 0.4) is 0 Å². The lowest BCUT2D eigenvalue weighted by Crippen LogP contribution is -2.49. The summed E-state index contributed by atoms with van der Waals surface area (Å²) in [6.07, 6.45) is 1.06. The van der Waals surface area contributed by atoms with Gasteiger partial charge in [0.15, 0.2) is 0 Å². The topological polar surface area (TPSA) is 55.1 Å². The van der Waals surface area contributed by atoms with E-state index in [9.17, 15) is 4.79 Å². The summed E-state index contributed by atoms with van der Waals surface area (Å²) in [5.41, 5.74) is 5.98. The fourth-order valence-electron chi connectivity index (χ4n) is 1.77. The van der Waals surface area contributed by atoms with Crippen molar-refractivity contribution in [1.29, 1.82) is 0 Å². The molecular weight excluding hydrogens is 316 g/mol. The van der Waals surface area contributed by atoms with Gasteiger partial charge in [0.2, 0.25) is 5.91 Å². The van der Waals surface area contributed by atoms with Crippen molar-refractivity contribution < 1.29 is 4.79 Å². The van der Waals surface area contributed by atoms with Crippen molar-refractivity contribution in [3.05, 3.63) is 34.3 Å². The molecule has 0 radical (unpaired) electrons. The van der Waals surface area contributed by atoms with Crippen molar-refractivity contribution in [2.45, 2.75) is 31.8 Å². The molecule has 3 unspecified atom stereocenters. The number of nitrogens with two attached hydrogens (primary N) is 1. The van der Waals surface area contributed by atoms with Gasteiger partial charge in [-0.05, 0) is 37.0 Å². The maximum Gasteiger partial charge on any atom is 0.244 e. The van der Waals surface area contributed by atoms with E-state index in [4.69, 9.17) is 5.73 Å². The van der Waals surface area contributed by atoms with Gasteiger partial charge in [-0.2, -0.15) is 0 Å². The minimum Gasteiger partial charge on any atom is -0.351 e. The molecule has 0 spiro atoms. The summed E-state index contributed by atoms with van der Waals surface area (Å²) < 4.78 is 0.980. The molecule has 0 aliphatic heterocycles. The van der Waals surface area contributed by atoms with Crippen molar-refractivity contribution >= 4 is 34.2 Å². The highest BCUT2D eigenvalue weighted by atomic mass is 79.9. The lowest BCUT2D eigenvalue weighted by Gasteiger charge is -2.24. The SMILES string of the molecule is CC1CC1NC(=O)C(C)(N)c1ccc(Br)cc1.Cl. The monoisotopic (exact) mass is 332 g/mol. The van der Waals surface area contributed by atoms with Gasteiger partial charge < -0.3 is 11.1 Å². The molecular formula is C13H18BrClN2O. The first-order valence-electron chi connectivity index (χ1n) is 5.77. The molecule has 1 aromatic carbocycles. The third-order valence-electron chi connectivity index (χ3n) is 3.34. The van der Waals surface area contributed by atoms with E-state index in [0.717, 1.165) is 16.5 Å². The van der Waals surface area contributed by atoms with Crippen molar-refractivity contribution in [1.82, 2.24) is 5.32 Å². The number of carbonyl (C=O) groups excluding carboxylic acids is 1. The zero-order chi connectivity index (χ0) is 12.6. The maximum absolute atomic E-state index is 12.1. The fourth-order valence-corrected chi connectivity index (χ4v) is 2.03. The summed E-state index contributed by atoms with van der Waals surface area (Å²) in [7, 11) is 0. The van der Waals surface area contributed by atoms with E-state index in [2.05, 4.69) is 28.2 Å². The Morgan fingerprint density at radius 3 is 2.39 bits per heavy atom. The van der Waals surface area contributed by atoms with Crippen LogP contribution in [-0.4, -0.2) is 11.9 Å². The molecule has 2 rings (SSSR count). The summed E-state index contributed by atoms with van der Waals surface area (Å²) in [4.78, 5) is 12.1. The largest absolute Gasteiger partial charge is 0.351 e. The van der Waals surface area contributed by atoms with Gasteiger partial charge >= 0.3 is 0 Å². The molecule has 5 heteroatoms. The van der Waals surface area contributed by atoms with Crippen molar-refractivity contribution in [2.75, 3.05) is 0 Å². The molecule has 3 atom stereocenters. The minimum absolute atomic E-state index is 0. The smallest absolute Gasteiger partial charge is 0.244 e. The van der Waals surface area contributed by atoms with Gasteiger partial charge in [-0.1, -0.05) is 35.0 Å². The second-order valence-corrected chi connectivity index (χ2v) is 5.92. The summed E-state index contributed by atoms with van der Waals surface area (Å²) >= 11 is 3.37. The van der Waals surface area contributed by atoms with Gasteiger partial charge in [-0.3, -0.25) is 4.79 Å². The predicted octanol–water partition coefficient (Wildman–Crippen LogP) is 2.57. The molecule has 1 amide bonds. The van der Waals surface area contributed by atoms with Gasteiger partial charge in [0, 0.05) is 10.5 Å². The first kappa shape index (κ1) is 15.5. The average molecular weight is 334 g/mol. The number of hydrogen-bond donors (Lipinski definition) is 2. The van der Waals surface area contributed by atoms with Gasteiger partial charge in [0.05, 0.1) is 0 Å². The standard InChI is InChI=1S/C13H17BrN2O.ClH/c1-8-7-11(8)16-12(17)13(2,15)9-3-5-10(14)6-4-9;/h3-6,8,11H,7,15H2,1-2H3,(H,16,17);1H. The van der Waals surface area contributed by atoms with E-state index in [0.29, 0.717) is 12.0 Å². The lowest BCUT2D eigenvalue weighted by molar-refractivity contribution is -0.126. The molecule has 18 heavy (non-hydrogen) atoms. The molecule has 100 valence electrons. The van der Waals surface area contributed by atoms with Crippen LogP contribution in [0.4, 0.5) is 0 Å². The first-order chi connectivity index (χ1) is 7.91. The van der Waals surface area contributed by atoms with Gasteiger partial charge in [0.25, 0.3) is 0 Å². The van der Waals surface area contributed by atoms with Crippen LogP contribution in [0.2, 0.25) is 0 Å². The van der Waals surface area contributed by atoms with Crippen molar-refractivity contribution in [3.8, 4) is 0 Å². The lowest BCUT2D eigenvalue weighted by atomic mass is 9.92. The Morgan fingerprint density at radius 1 is 1.44 bits per heavy atom. The van der Waals surface area contributed by atoms with Gasteiger partial charge in [0.1, 0.15) is 5.54 Å². The first-order valence-corrected chi connectivity index (χ1v) is 6.56. The Kier molecular flexibility index (Phi) is 4.81. The molecule has 3 N–H and O–H groups in total. The van der Waals surface area contributed by atoms with E-state index in [1.807, 2.05) is 24.3 Å². The van der Waals surface area contributed by atoms with Crippen LogP contribution in [0.5, 0.6) is 0 Å². The fraction of sp³-hybridized carbons (Fsp3) is 0.462. The van der Waals surface area contributed by atoms with Crippen LogP contribution in [0.15, 0.2) is 28.7 Å². The molecule has 0 bridgehead atoms. The molecule has 0 heterocycles. The van der Waals surface area contributed by atoms with Crippen LogP contribution < -0.4 is 11.1 Å². The van der Waals surface area contributed by atoms with E-state index < -0.39 is 5.54 Å². The summed E-state index contributed by atoms with van der Waals surface area (Å²) in [6, 6.07) is 7.85. The second kappa shape index (κ2) is 5.59. The van der Waals surface area contributed by atoms with Crippen LogP contribution in [0.1, 0.15) is 25.8 Å². The zero-order valence-corrected chi connectivity index (χ0v) is 12.8. The minimum atomic E-state index is -0.969. The molecule has 0 saturated heterocycles. The van der Waals surface area contributed by atoms with Crippen molar-refractivity contribution in [2.24, 2.45) is 11.7 Å². The third-order valence-corrected chi connectivity index (χ3v) is 3.87. The third kappa shape index (κ3) is 3.25. The Balaban J connectivity index is 0.00000162. The van der Waals surface area contributed by atoms with E-state index >= 15 is 0 Å². The molecule has 1 aromatic rings. The predicted molar refractivity (Wildman–Crippen MR) is 78.6 cm³/mol. The van der Waals surface area contributed by atoms with Crippen molar-refractivity contribution in [3.63, 3.8) is 0 Å². The molecule has 0 aromatic heterocycles. The van der Waals surface area contributed by atoms with E-state index in [-0.39, 0.29) is 18.3 Å². The zero-order valence-electron chi connectivity index (χ0n) is 10.4. The Hall–Kier alpha value is -0.580. The van der Waals surface area contributed by atoms with Crippen LogP contribution in [-0.2, 0) is 10.3 Å². The number of amides is 1. The highest BCUT2D eigenvalue weighted by molar-refractivity contribution is 9.10. The Morgan fingerprint density at radius 2 is 1.94 bits per heavy atom. The summed E-state index contributed by atoms with van der Waals surface area (Å²) in [6.45, 7) is 3.87. The highest BCUT2D eigenvalue weighted by Crippen LogP contribution is 2.30. The molecule has 3 nitrogen and oxygen atoms in total. The number of carbonyl (C=O) groups is 1. The van der Waals surface area contributed by atoms with Crippen LogP contribution >= 0.6 is 28.3 Å². The number of hydrogen-bond acceptors (Lipinski definition) is 2. The number of benzene rings is 1. The van der Waals surface area contributed by atoms with E-state index in [1.54, 1.807) is 6.92 Å². The van der Waals surface area contributed by atoms with Gasteiger partial charge in [-0.25, -0.2) is 0 Å².